The van der Waals surface area contributed by atoms with Gasteiger partial charge in [-0.1, -0.05) is 18.7 Å². The molecular formula is C27H33N7O4. The van der Waals surface area contributed by atoms with Crippen molar-refractivity contribution in [3.8, 4) is 11.5 Å². The largest absolute Gasteiger partial charge is 0.495 e. The Bertz CT molecular complexity index is 1280. The average Bonchev–Trinajstić information content (AvgIpc) is 2.92. The van der Waals surface area contributed by atoms with Gasteiger partial charge in [-0.15, -0.1) is 0 Å². The predicted molar refractivity (Wildman–Crippen MR) is 150 cm³/mol. The lowest BCUT2D eigenvalue weighted by atomic mass is 10.2. The number of amides is 2. The van der Waals surface area contributed by atoms with Crippen molar-refractivity contribution in [2.24, 2.45) is 0 Å². The van der Waals surface area contributed by atoms with Gasteiger partial charge in [0.15, 0.2) is 0 Å². The number of para-hydroxylation sites is 2. The average molecular weight is 520 g/mol. The number of hydrogen-bond acceptors (Lipinski definition) is 9. The molecule has 0 unspecified atom stereocenters. The summed E-state index contributed by atoms with van der Waals surface area (Å²) >= 11 is 0. The number of carbonyl (C=O) groups is 2. The molecule has 0 aliphatic rings. The van der Waals surface area contributed by atoms with Crippen LogP contribution in [0.2, 0.25) is 0 Å². The molecule has 11 heteroatoms. The highest BCUT2D eigenvalue weighted by Gasteiger charge is 2.18. The minimum atomic E-state index is -0.347. The molecule has 200 valence electrons. The van der Waals surface area contributed by atoms with Crippen LogP contribution in [0.3, 0.4) is 0 Å². The molecule has 11 nitrogen and oxygen atoms in total. The lowest BCUT2D eigenvalue weighted by molar-refractivity contribution is -0.112. The quantitative estimate of drug-likeness (QED) is 0.258. The monoisotopic (exact) mass is 519 g/mol. The minimum absolute atomic E-state index is 0.220. The van der Waals surface area contributed by atoms with Crippen molar-refractivity contribution in [1.29, 1.82) is 0 Å². The molecule has 2 amide bonds. The van der Waals surface area contributed by atoms with Crippen molar-refractivity contribution in [3.63, 3.8) is 0 Å². The van der Waals surface area contributed by atoms with Gasteiger partial charge in [-0.3, -0.25) is 14.5 Å². The zero-order valence-corrected chi connectivity index (χ0v) is 22.3. The summed E-state index contributed by atoms with van der Waals surface area (Å²) in [6.45, 7) is 5.08. The lowest BCUT2D eigenvalue weighted by Crippen LogP contribution is -2.29. The van der Waals surface area contributed by atoms with Gasteiger partial charge in [0.1, 0.15) is 17.3 Å². The summed E-state index contributed by atoms with van der Waals surface area (Å²) in [4.78, 5) is 38.5. The Kier molecular flexibility index (Phi) is 9.60. The minimum Gasteiger partial charge on any atom is -0.495 e. The van der Waals surface area contributed by atoms with Crippen LogP contribution in [0.25, 0.3) is 0 Å². The van der Waals surface area contributed by atoms with Gasteiger partial charge >= 0.3 is 0 Å². The van der Waals surface area contributed by atoms with Gasteiger partial charge in [0, 0.05) is 32.4 Å². The van der Waals surface area contributed by atoms with E-state index < -0.39 is 0 Å². The number of anilines is 6. The van der Waals surface area contributed by atoms with Crippen molar-refractivity contribution in [1.82, 2.24) is 14.9 Å². The van der Waals surface area contributed by atoms with Gasteiger partial charge in [0.05, 0.1) is 37.0 Å². The normalized spacial score (nSPS) is 10.5. The zero-order chi connectivity index (χ0) is 27.7. The number of benzene rings is 2. The van der Waals surface area contributed by atoms with E-state index >= 15 is 0 Å². The second kappa shape index (κ2) is 13.1. The molecule has 0 fully saturated rings. The van der Waals surface area contributed by atoms with Gasteiger partial charge in [0.25, 0.3) is 0 Å². The number of likely N-dealkylation sites (N-methyl/N-ethyl adjacent to an activating group) is 2. The second-order valence-corrected chi connectivity index (χ2v) is 8.50. The molecule has 0 saturated heterocycles. The molecule has 0 atom stereocenters. The highest BCUT2D eigenvalue weighted by Crippen LogP contribution is 2.38. The molecule has 2 N–H and O–H groups in total. The topological polar surface area (TPSA) is 112 Å². The molecule has 0 aliphatic carbocycles. The number of rotatable bonds is 13. The van der Waals surface area contributed by atoms with Crippen LogP contribution in [0.5, 0.6) is 11.5 Å². The van der Waals surface area contributed by atoms with Crippen LogP contribution in [0.1, 0.15) is 0 Å². The third kappa shape index (κ3) is 6.77. The Balaban J connectivity index is 1.99. The van der Waals surface area contributed by atoms with E-state index in [1.165, 1.54) is 24.3 Å². The molecule has 0 saturated carbocycles. The summed E-state index contributed by atoms with van der Waals surface area (Å²) in [6, 6.07) is 12.3. The number of hydrogen-bond donors (Lipinski definition) is 2. The van der Waals surface area contributed by atoms with Crippen molar-refractivity contribution in [3.05, 3.63) is 61.3 Å². The highest BCUT2D eigenvalue weighted by atomic mass is 16.5. The van der Waals surface area contributed by atoms with Gasteiger partial charge in [-0.05, 0) is 44.4 Å². The maximum Gasteiger partial charge on any atom is 0.247 e. The van der Waals surface area contributed by atoms with Crippen molar-refractivity contribution >= 4 is 46.8 Å². The molecule has 2 aromatic carbocycles. The van der Waals surface area contributed by atoms with Crippen molar-refractivity contribution in [2.75, 3.05) is 68.9 Å². The lowest BCUT2D eigenvalue weighted by Gasteiger charge is -2.26. The first-order valence-electron chi connectivity index (χ1n) is 11.8. The molecule has 38 heavy (non-hydrogen) atoms. The summed E-state index contributed by atoms with van der Waals surface area (Å²) in [5.74, 6) is 1.24. The van der Waals surface area contributed by atoms with Gasteiger partial charge < -0.3 is 29.9 Å². The maximum atomic E-state index is 12.2. The molecule has 1 aromatic heterocycles. The fourth-order valence-electron chi connectivity index (χ4n) is 3.63. The standard InChI is InChI=1S/C27H33N7O4/c1-7-26(36)29-19-16-20(24(38-6)17-22(19)33(4)15-14-32(2)3)30-27-28-13-12-25(31-27)34(18-35)21-10-8-9-11-23(21)37-5/h7-13,16-18H,1,14-15H2,2-6H3,(H,29,36)(H,28,30,31). The Morgan fingerprint density at radius 1 is 1.00 bits per heavy atom. The van der Waals surface area contributed by atoms with E-state index in [0.717, 1.165) is 18.8 Å². The second-order valence-electron chi connectivity index (χ2n) is 8.50. The van der Waals surface area contributed by atoms with Crippen LogP contribution in [0.15, 0.2) is 61.3 Å². The van der Waals surface area contributed by atoms with Crippen LogP contribution in [0.4, 0.5) is 34.5 Å². The Morgan fingerprint density at radius 2 is 1.74 bits per heavy atom. The third-order valence-electron chi connectivity index (χ3n) is 5.64. The van der Waals surface area contributed by atoms with Gasteiger partial charge in [-0.25, -0.2) is 4.98 Å². The maximum absolute atomic E-state index is 12.2. The van der Waals surface area contributed by atoms with Crippen molar-refractivity contribution in [2.45, 2.75) is 0 Å². The fourth-order valence-corrected chi connectivity index (χ4v) is 3.63. The molecular weight excluding hydrogens is 486 g/mol. The van der Waals surface area contributed by atoms with Crippen LogP contribution in [-0.2, 0) is 9.59 Å². The highest BCUT2D eigenvalue weighted by molar-refractivity contribution is 6.02. The predicted octanol–water partition coefficient (Wildman–Crippen LogP) is 3.65. The first-order chi connectivity index (χ1) is 18.3. The molecule has 1 heterocycles. The van der Waals surface area contributed by atoms with E-state index in [1.807, 2.05) is 38.2 Å². The van der Waals surface area contributed by atoms with Crippen molar-refractivity contribution < 1.29 is 19.1 Å². The number of nitrogens with zero attached hydrogens (tertiary/aromatic N) is 5. The summed E-state index contributed by atoms with van der Waals surface area (Å²) < 4.78 is 11.0. The number of nitrogens with one attached hydrogen (secondary N) is 2. The first-order valence-corrected chi connectivity index (χ1v) is 11.8. The summed E-state index contributed by atoms with van der Waals surface area (Å²) in [5.41, 5.74) is 2.37. The Morgan fingerprint density at radius 3 is 2.39 bits per heavy atom. The molecule has 0 radical (unpaired) electrons. The third-order valence-corrected chi connectivity index (χ3v) is 5.64. The summed E-state index contributed by atoms with van der Waals surface area (Å²) in [7, 11) is 9.02. The first kappa shape index (κ1) is 27.9. The van der Waals surface area contributed by atoms with E-state index in [4.69, 9.17) is 9.47 Å². The number of ether oxygens (including phenoxy) is 2. The molecule has 3 aromatic rings. The number of methoxy groups -OCH3 is 2. The van der Waals surface area contributed by atoms with E-state index in [9.17, 15) is 9.59 Å². The Hall–Kier alpha value is -4.64. The van der Waals surface area contributed by atoms with E-state index in [1.54, 1.807) is 37.4 Å². The Labute approximate surface area is 222 Å². The van der Waals surface area contributed by atoms with E-state index in [-0.39, 0.29) is 11.9 Å². The van der Waals surface area contributed by atoms with Gasteiger partial charge in [0.2, 0.25) is 18.3 Å². The smallest absolute Gasteiger partial charge is 0.247 e. The van der Waals surface area contributed by atoms with Crippen LogP contribution in [-0.4, -0.2) is 75.6 Å². The molecule has 3 rings (SSSR count). The van der Waals surface area contributed by atoms with E-state index in [0.29, 0.717) is 40.8 Å². The molecule has 0 aliphatic heterocycles. The molecule has 0 bridgehead atoms. The fraction of sp³-hybridized carbons (Fsp3) is 0.259. The van der Waals surface area contributed by atoms with Gasteiger partial charge in [-0.2, -0.15) is 4.98 Å². The molecule has 0 spiro atoms. The zero-order valence-electron chi connectivity index (χ0n) is 22.3. The van der Waals surface area contributed by atoms with E-state index in [2.05, 4.69) is 32.1 Å². The number of aromatic nitrogens is 2. The van der Waals surface area contributed by atoms with Crippen LogP contribution < -0.4 is 29.9 Å². The van der Waals surface area contributed by atoms with Crippen LogP contribution in [0, 0.1) is 0 Å². The number of carbonyl (C=O) groups excluding carboxylic acids is 2. The summed E-state index contributed by atoms with van der Waals surface area (Å²) in [5, 5.41) is 6.01. The SMILES string of the molecule is C=CC(=O)Nc1cc(Nc2nccc(N(C=O)c3ccccc3OC)n2)c(OC)cc1N(C)CCN(C)C. The summed E-state index contributed by atoms with van der Waals surface area (Å²) in [6.07, 6.45) is 3.40. The van der Waals surface area contributed by atoms with Crippen LogP contribution >= 0.6 is 0 Å².